The van der Waals surface area contributed by atoms with E-state index in [-0.39, 0.29) is 0 Å². The van der Waals surface area contributed by atoms with Crippen LogP contribution in [-0.4, -0.2) is 25.9 Å². The summed E-state index contributed by atoms with van der Waals surface area (Å²) in [5.74, 6) is 0. The van der Waals surface area contributed by atoms with Crippen molar-refractivity contribution in [2.24, 2.45) is 0 Å². The molecule has 25 heavy (non-hydrogen) atoms. The van der Waals surface area contributed by atoms with E-state index < -0.39 is 25.9 Å². The van der Waals surface area contributed by atoms with Crippen LogP contribution in [0.5, 0.6) is 0 Å². The molecule has 0 heterocycles. The minimum absolute atomic E-state index is 1.18. The summed E-state index contributed by atoms with van der Waals surface area (Å²) in [6, 6.07) is 22.5. The Kier molecular flexibility index (Phi) is 7.39. The minimum Gasteiger partial charge on any atom is -0.433 e. The topological polar surface area (TPSA) is 18.5 Å². The second kappa shape index (κ2) is 9.09. The molecule has 136 valence electrons. The van der Waals surface area contributed by atoms with Gasteiger partial charge in [0.15, 0.2) is 17.4 Å². The van der Waals surface area contributed by atoms with Crippen LogP contribution in [0.25, 0.3) is 0 Å². The van der Waals surface area contributed by atoms with Crippen molar-refractivity contribution in [2.75, 3.05) is 0 Å². The lowest BCUT2D eigenvalue weighted by atomic mass is 10.4. The molecule has 0 atom stereocenters. The third-order valence-corrected chi connectivity index (χ3v) is 14.6. The van der Waals surface area contributed by atoms with Crippen molar-refractivity contribution in [1.29, 1.82) is 0 Å². The van der Waals surface area contributed by atoms with Gasteiger partial charge in [-0.05, 0) is 42.6 Å². The van der Waals surface area contributed by atoms with Gasteiger partial charge in [-0.1, -0.05) is 80.4 Å². The van der Waals surface area contributed by atoms with Gasteiger partial charge in [-0.3, -0.25) is 0 Å². The van der Waals surface area contributed by atoms with E-state index in [0.717, 1.165) is 0 Å². The molecule has 2 rings (SSSR count). The van der Waals surface area contributed by atoms with Gasteiger partial charge in [-0.2, -0.15) is 0 Å². The summed E-state index contributed by atoms with van der Waals surface area (Å²) in [5.41, 5.74) is 0. The van der Waals surface area contributed by atoms with Crippen molar-refractivity contribution >= 4 is 36.3 Å². The Morgan fingerprint density at radius 3 is 1.72 bits per heavy atom. The largest absolute Gasteiger partial charge is 0.433 e. The monoisotopic (exact) mass is 388 g/mol. The maximum Gasteiger partial charge on any atom is 0.386 e. The fourth-order valence-corrected chi connectivity index (χ4v) is 14.8. The highest BCUT2D eigenvalue weighted by Crippen LogP contribution is 2.23. The lowest BCUT2D eigenvalue weighted by Crippen LogP contribution is -2.68. The fraction of sp³-hybridized carbons (Fsp3) is 0.400. The molecule has 0 spiro atoms. The molecule has 2 aromatic carbocycles. The number of hydrogen-bond acceptors (Lipinski definition) is 2. The Morgan fingerprint density at radius 2 is 1.32 bits per heavy atom. The first-order valence-corrected chi connectivity index (χ1v) is 17.1. The molecule has 2 aromatic rings. The standard InChI is InChI=1S/C20H32O2Si3/c1-6-7-18-24(4,5)22-25(21-23(2)3,19-14-10-8-11-15-19)20-16-12-9-13-17-20/h8-17,23H,6-7,18H2,1-5H3. The molecule has 0 radical (unpaired) electrons. The molecule has 0 aromatic heterocycles. The first-order valence-electron chi connectivity index (χ1n) is 9.38. The van der Waals surface area contributed by atoms with Gasteiger partial charge >= 0.3 is 8.56 Å². The second-order valence-electron chi connectivity index (χ2n) is 7.48. The zero-order valence-corrected chi connectivity index (χ0v) is 19.4. The predicted molar refractivity (Wildman–Crippen MR) is 116 cm³/mol. The molecule has 0 unspecified atom stereocenters. The van der Waals surface area contributed by atoms with Crippen molar-refractivity contribution < 1.29 is 8.23 Å². The van der Waals surface area contributed by atoms with E-state index in [1.807, 2.05) is 0 Å². The Hall–Kier alpha value is -0.989. The van der Waals surface area contributed by atoms with Crippen molar-refractivity contribution in [3.8, 4) is 0 Å². The van der Waals surface area contributed by atoms with Crippen molar-refractivity contribution in [3.05, 3.63) is 60.7 Å². The normalized spacial score (nSPS) is 12.6. The van der Waals surface area contributed by atoms with Gasteiger partial charge < -0.3 is 8.23 Å². The van der Waals surface area contributed by atoms with Crippen molar-refractivity contribution in [2.45, 2.75) is 52.0 Å². The van der Waals surface area contributed by atoms with E-state index in [4.69, 9.17) is 8.23 Å². The fourth-order valence-electron chi connectivity index (χ4n) is 3.13. The van der Waals surface area contributed by atoms with Crippen LogP contribution in [-0.2, 0) is 8.23 Å². The molecule has 0 fully saturated rings. The first-order chi connectivity index (χ1) is 11.9. The number of rotatable bonds is 9. The molecule has 0 saturated heterocycles. The third-order valence-electron chi connectivity index (χ3n) is 4.26. The van der Waals surface area contributed by atoms with Crippen LogP contribution >= 0.6 is 0 Å². The summed E-state index contributed by atoms with van der Waals surface area (Å²) in [4.78, 5) is 0. The molecule has 5 heteroatoms. The molecule has 0 saturated carbocycles. The summed E-state index contributed by atoms with van der Waals surface area (Å²) in [6.45, 7) is 11.4. The number of hydrogen-bond donors (Lipinski definition) is 0. The average molecular weight is 389 g/mol. The van der Waals surface area contributed by atoms with Crippen molar-refractivity contribution in [3.63, 3.8) is 0 Å². The van der Waals surface area contributed by atoms with Gasteiger partial charge in [0.25, 0.3) is 0 Å². The summed E-state index contributed by atoms with van der Waals surface area (Å²) >= 11 is 0. The molecule has 0 aliphatic heterocycles. The van der Waals surface area contributed by atoms with Crippen molar-refractivity contribution in [1.82, 2.24) is 0 Å². The van der Waals surface area contributed by atoms with Gasteiger partial charge in [0.1, 0.15) is 0 Å². The van der Waals surface area contributed by atoms with E-state index >= 15 is 0 Å². The maximum atomic E-state index is 7.10. The van der Waals surface area contributed by atoms with Crippen LogP contribution in [0.4, 0.5) is 0 Å². The molecule has 0 N–H and O–H groups in total. The quantitative estimate of drug-likeness (QED) is 0.597. The maximum absolute atomic E-state index is 7.10. The van der Waals surface area contributed by atoms with Crippen LogP contribution in [0, 0.1) is 0 Å². The first kappa shape index (κ1) is 20.3. The van der Waals surface area contributed by atoms with Gasteiger partial charge in [0.05, 0.1) is 0 Å². The average Bonchev–Trinajstić information content (AvgIpc) is 2.60. The molecule has 0 aliphatic rings. The molecule has 0 aliphatic carbocycles. The smallest absolute Gasteiger partial charge is 0.386 e. The van der Waals surface area contributed by atoms with Gasteiger partial charge in [0, 0.05) is 0 Å². The van der Waals surface area contributed by atoms with E-state index in [1.54, 1.807) is 0 Å². The van der Waals surface area contributed by atoms with Gasteiger partial charge in [-0.25, -0.2) is 0 Å². The van der Waals surface area contributed by atoms with Crippen LogP contribution in [0.1, 0.15) is 19.8 Å². The van der Waals surface area contributed by atoms with E-state index in [2.05, 4.69) is 93.8 Å². The molecular weight excluding hydrogens is 356 g/mol. The van der Waals surface area contributed by atoms with Crippen LogP contribution in [0.15, 0.2) is 60.7 Å². The van der Waals surface area contributed by atoms with Crippen LogP contribution < -0.4 is 10.4 Å². The molecular formula is C20H32O2Si3. The number of unbranched alkanes of at least 4 members (excludes halogenated alkanes) is 1. The summed E-state index contributed by atoms with van der Waals surface area (Å²) in [5, 5.41) is 2.47. The van der Waals surface area contributed by atoms with E-state index in [0.29, 0.717) is 0 Å². The highest BCUT2D eigenvalue weighted by molar-refractivity contribution is 7.00. The lowest BCUT2D eigenvalue weighted by molar-refractivity contribution is 0.418. The molecule has 0 amide bonds. The predicted octanol–water partition coefficient (Wildman–Crippen LogP) is 4.26. The van der Waals surface area contributed by atoms with Crippen LogP contribution in [0.3, 0.4) is 0 Å². The Bertz CT molecular complexity index is 590. The van der Waals surface area contributed by atoms with Crippen LogP contribution in [0.2, 0.25) is 32.2 Å². The second-order valence-corrected chi connectivity index (χ2v) is 17.7. The van der Waals surface area contributed by atoms with E-state index in [9.17, 15) is 0 Å². The Morgan fingerprint density at radius 1 is 0.840 bits per heavy atom. The van der Waals surface area contributed by atoms with E-state index in [1.165, 1.54) is 29.3 Å². The summed E-state index contributed by atoms with van der Waals surface area (Å²) < 4.78 is 13.9. The SMILES string of the molecule is CCCC[Si](C)(C)O[Si](O[SiH](C)C)(c1ccccc1)c1ccccc1. The number of benzene rings is 2. The highest BCUT2D eigenvalue weighted by Gasteiger charge is 2.47. The Balaban J connectivity index is 2.55. The summed E-state index contributed by atoms with van der Waals surface area (Å²) in [6.07, 6.45) is 2.44. The minimum atomic E-state index is -2.67. The van der Waals surface area contributed by atoms with Gasteiger partial charge in [-0.15, -0.1) is 0 Å². The third kappa shape index (κ3) is 5.49. The molecule has 2 nitrogen and oxygen atoms in total. The zero-order chi connectivity index (χ0) is 18.3. The van der Waals surface area contributed by atoms with Gasteiger partial charge in [0.2, 0.25) is 0 Å². The molecule has 0 bridgehead atoms. The summed E-state index contributed by atoms with van der Waals surface area (Å²) in [7, 11) is -5.80. The lowest BCUT2D eigenvalue weighted by Gasteiger charge is -2.40. The Labute approximate surface area is 157 Å². The zero-order valence-electron chi connectivity index (χ0n) is 16.3. The highest BCUT2D eigenvalue weighted by atomic mass is 28.5.